The van der Waals surface area contributed by atoms with E-state index in [1.54, 1.807) is 0 Å². The van der Waals surface area contributed by atoms with Crippen molar-refractivity contribution < 1.29 is 9.50 Å². The molecule has 0 heterocycles. The summed E-state index contributed by atoms with van der Waals surface area (Å²) in [6, 6.07) is 2.28. The van der Waals surface area contributed by atoms with Gasteiger partial charge in [-0.1, -0.05) is 11.6 Å². The first-order valence-corrected chi connectivity index (χ1v) is 2.92. The molecule has 0 atom stereocenters. The highest BCUT2D eigenvalue weighted by atomic mass is 35.5. The second-order valence-corrected chi connectivity index (χ2v) is 2.24. The predicted octanol–water partition coefficient (Wildman–Crippen LogP) is 1.77. The molecule has 0 fully saturated rings. The standard InChI is InChI=1S/C6H5ClFNO/c7-4-1-3(9)2-5(8)6(4)10/h1-2,10H,9H2. The van der Waals surface area contributed by atoms with E-state index in [4.69, 9.17) is 22.4 Å². The SMILES string of the molecule is Nc1cc(F)c(O)c(Cl)c1. The van der Waals surface area contributed by atoms with Crippen molar-refractivity contribution in [2.24, 2.45) is 0 Å². The van der Waals surface area contributed by atoms with E-state index < -0.39 is 11.6 Å². The molecule has 1 aromatic carbocycles. The van der Waals surface area contributed by atoms with Crippen LogP contribution in [-0.4, -0.2) is 5.11 Å². The van der Waals surface area contributed by atoms with Crippen molar-refractivity contribution in [1.82, 2.24) is 0 Å². The lowest BCUT2D eigenvalue weighted by Gasteiger charge is -1.98. The molecule has 10 heavy (non-hydrogen) atoms. The second kappa shape index (κ2) is 2.34. The number of nitrogen functional groups attached to an aromatic ring is 1. The molecule has 0 aliphatic rings. The molecule has 0 aliphatic carbocycles. The van der Waals surface area contributed by atoms with Crippen LogP contribution in [0.4, 0.5) is 10.1 Å². The molecule has 0 saturated heterocycles. The van der Waals surface area contributed by atoms with Gasteiger partial charge in [0.25, 0.3) is 0 Å². The third kappa shape index (κ3) is 1.14. The highest BCUT2D eigenvalue weighted by Crippen LogP contribution is 2.28. The first kappa shape index (κ1) is 7.15. The zero-order valence-electron chi connectivity index (χ0n) is 4.94. The van der Waals surface area contributed by atoms with Crippen molar-refractivity contribution in [2.45, 2.75) is 0 Å². The molecule has 0 radical (unpaired) electrons. The summed E-state index contributed by atoms with van der Waals surface area (Å²) in [5.74, 6) is -1.36. The van der Waals surface area contributed by atoms with Crippen molar-refractivity contribution in [1.29, 1.82) is 0 Å². The fourth-order valence-electron chi connectivity index (χ4n) is 0.585. The molecule has 0 amide bonds. The summed E-state index contributed by atoms with van der Waals surface area (Å²) >= 11 is 5.35. The van der Waals surface area contributed by atoms with Gasteiger partial charge in [-0.05, 0) is 6.07 Å². The Hall–Kier alpha value is -0.960. The summed E-state index contributed by atoms with van der Waals surface area (Å²) in [5.41, 5.74) is 5.39. The van der Waals surface area contributed by atoms with Crippen LogP contribution < -0.4 is 5.73 Å². The summed E-state index contributed by atoms with van der Waals surface area (Å²) in [7, 11) is 0. The van der Waals surface area contributed by atoms with Crippen molar-refractivity contribution in [3.8, 4) is 5.75 Å². The van der Waals surface area contributed by atoms with Crippen LogP contribution in [0.2, 0.25) is 5.02 Å². The first-order chi connectivity index (χ1) is 4.61. The Balaban J connectivity index is 3.31. The monoisotopic (exact) mass is 161 g/mol. The molecule has 2 nitrogen and oxygen atoms in total. The van der Waals surface area contributed by atoms with E-state index in [-0.39, 0.29) is 10.7 Å². The van der Waals surface area contributed by atoms with Gasteiger partial charge in [-0.3, -0.25) is 0 Å². The van der Waals surface area contributed by atoms with Crippen LogP contribution in [0.5, 0.6) is 5.75 Å². The average Bonchev–Trinajstić information content (AvgIpc) is 1.82. The molecule has 0 unspecified atom stereocenters. The summed E-state index contributed by atoms with van der Waals surface area (Å²) in [6.45, 7) is 0. The van der Waals surface area contributed by atoms with E-state index in [2.05, 4.69) is 0 Å². The number of phenols is 1. The van der Waals surface area contributed by atoms with E-state index in [9.17, 15) is 4.39 Å². The zero-order chi connectivity index (χ0) is 7.72. The summed E-state index contributed by atoms with van der Waals surface area (Å²) in [4.78, 5) is 0. The number of anilines is 1. The molecule has 0 aromatic heterocycles. The third-order valence-electron chi connectivity index (χ3n) is 1.04. The minimum atomic E-state index is -0.801. The van der Waals surface area contributed by atoms with Crippen LogP contribution in [0.15, 0.2) is 12.1 Å². The van der Waals surface area contributed by atoms with E-state index in [0.29, 0.717) is 0 Å². The molecule has 0 spiro atoms. The minimum Gasteiger partial charge on any atom is -0.504 e. The largest absolute Gasteiger partial charge is 0.504 e. The van der Waals surface area contributed by atoms with E-state index in [0.717, 1.165) is 6.07 Å². The Morgan fingerprint density at radius 1 is 1.50 bits per heavy atom. The predicted molar refractivity (Wildman–Crippen MR) is 37.5 cm³/mol. The molecule has 54 valence electrons. The maximum absolute atomic E-state index is 12.4. The number of benzene rings is 1. The van der Waals surface area contributed by atoms with Crippen LogP contribution >= 0.6 is 11.6 Å². The Morgan fingerprint density at radius 2 is 2.10 bits per heavy atom. The number of aromatic hydroxyl groups is 1. The number of rotatable bonds is 0. The summed E-state index contributed by atoms with van der Waals surface area (Å²) < 4.78 is 12.4. The second-order valence-electron chi connectivity index (χ2n) is 1.83. The Labute approximate surface area is 62.0 Å². The molecule has 1 rings (SSSR count). The van der Waals surface area contributed by atoms with Gasteiger partial charge in [-0.15, -0.1) is 0 Å². The number of phenolic OH excluding ortho intramolecular Hbond substituents is 1. The van der Waals surface area contributed by atoms with Gasteiger partial charge in [0.15, 0.2) is 11.6 Å². The lowest BCUT2D eigenvalue weighted by atomic mass is 10.3. The maximum atomic E-state index is 12.4. The first-order valence-electron chi connectivity index (χ1n) is 2.54. The third-order valence-corrected chi connectivity index (χ3v) is 1.33. The van der Waals surface area contributed by atoms with Gasteiger partial charge < -0.3 is 10.8 Å². The van der Waals surface area contributed by atoms with Gasteiger partial charge in [0.1, 0.15) is 0 Å². The lowest BCUT2D eigenvalue weighted by molar-refractivity contribution is 0.433. The number of halogens is 2. The van der Waals surface area contributed by atoms with Crippen LogP contribution in [-0.2, 0) is 0 Å². The molecule has 3 N–H and O–H groups in total. The van der Waals surface area contributed by atoms with Gasteiger partial charge in [-0.25, -0.2) is 4.39 Å². The van der Waals surface area contributed by atoms with Crippen molar-refractivity contribution in [2.75, 3.05) is 5.73 Å². The summed E-state index contributed by atoms with van der Waals surface area (Å²) in [6.07, 6.45) is 0. The van der Waals surface area contributed by atoms with Crippen LogP contribution in [0.3, 0.4) is 0 Å². The highest BCUT2D eigenvalue weighted by Gasteiger charge is 2.05. The minimum absolute atomic E-state index is 0.0718. The zero-order valence-corrected chi connectivity index (χ0v) is 5.69. The van der Waals surface area contributed by atoms with Crippen molar-refractivity contribution in [3.63, 3.8) is 0 Å². The number of hydrogen-bond acceptors (Lipinski definition) is 2. The van der Waals surface area contributed by atoms with E-state index in [1.807, 2.05) is 0 Å². The summed E-state index contributed by atoms with van der Waals surface area (Å²) in [5, 5.41) is 8.70. The van der Waals surface area contributed by atoms with Gasteiger partial charge >= 0.3 is 0 Å². The average molecular weight is 162 g/mol. The van der Waals surface area contributed by atoms with Crippen LogP contribution in [0, 0.1) is 5.82 Å². The van der Waals surface area contributed by atoms with Gasteiger partial charge in [-0.2, -0.15) is 0 Å². The molecule has 1 aromatic rings. The normalized spacial score (nSPS) is 9.80. The number of nitrogens with two attached hydrogens (primary N) is 1. The molecule has 0 saturated carbocycles. The fraction of sp³-hybridized carbons (Fsp3) is 0. The van der Waals surface area contributed by atoms with E-state index in [1.165, 1.54) is 6.07 Å². The van der Waals surface area contributed by atoms with E-state index >= 15 is 0 Å². The topological polar surface area (TPSA) is 46.2 Å². The lowest BCUT2D eigenvalue weighted by Crippen LogP contribution is -1.86. The van der Waals surface area contributed by atoms with Crippen molar-refractivity contribution >= 4 is 17.3 Å². The quantitative estimate of drug-likeness (QED) is 0.450. The smallest absolute Gasteiger partial charge is 0.170 e. The Kier molecular flexibility index (Phi) is 1.68. The van der Waals surface area contributed by atoms with Gasteiger partial charge in [0, 0.05) is 11.8 Å². The van der Waals surface area contributed by atoms with Gasteiger partial charge in [0.05, 0.1) is 5.02 Å². The number of hydrogen-bond donors (Lipinski definition) is 2. The molecular weight excluding hydrogens is 157 g/mol. The van der Waals surface area contributed by atoms with Gasteiger partial charge in [0.2, 0.25) is 0 Å². The highest BCUT2D eigenvalue weighted by molar-refractivity contribution is 6.32. The van der Waals surface area contributed by atoms with Crippen LogP contribution in [0.25, 0.3) is 0 Å². The molecule has 0 aliphatic heterocycles. The maximum Gasteiger partial charge on any atom is 0.170 e. The van der Waals surface area contributed by atoms with Crippen molar-refractivity contribution in [3.05, 3.63) is 23.0 Å². The molecule has 0 bridgehead atoms. The Morgan fingerprint density at radius 3 is 2.60 bits per heavy atom. The molecule has 4 heteroatoms. The molecular formula is C6H5ClFNO. The Bertz CT molecular complexity index is 241. The van der Waals surface area contributed by atoms with Crippen LogP contribution in [0.1, 0.15) is 0 Å². The fourth-order valence-corrected chi connectivity index (χ4v) is 0.801.